The summed E-state index contributed by atoms with van der Waals surface area (Å²) in [7, 11) is 1.72. The Bertz CT molecular complexity index is 509. The summed E-state index contributed by atoms with van der Waals surface area (Å²) in [6.07, 6.45) is 0. The van der Waals surface area contributed by atoms with E-state index in [4.69, 9.17) is 0 Å². The number of carbonyl (C=O) groups excluding carboxylic acids is 1. The van der Waals surface area contributed by atoms with Crippen molar-refractivity contribution >= 4 is 6.03 Å². The average Bonchev–Trinajstić information content (AvgIpc) is 2.81. The van der Waals surface area contributed by atoms with E-state index in [1.54, 1.807) is 7.05 Å². The lowest BCUT2D eigenvalue weighted by atomic mass is 10.2. The van der Waals surface area contributed by atoms with Gasteiger partial charge >= 0.3 is 6.03 Å². The first kappa shape index (κ1) is 12.0. The molecule has 0 fully saturated rings. The van der Waals surface area contributed by atoms with Gasteiger partial charge in [-0.2, -0.15) is 0 Å². The van der Waals surface area contributed by atoms with Crippen molar-refractivity contribution in [2.75, 3.05) is 0 Å². The molecule has 0 saturated heterocycles. The number of rotatable bonds is 4. The number of tetrazole rings is 1. The van der Waals surface area contributed by atoms with Crippen LogP contribution in [-0.4, -0.2) is 26.2 Å². The molecule has 0 unspecified atom stereocenters. The number of aromatic nitrogens is 4. The second-order valence-electron chi connectivity index (χ2n) is 3.74. The van der Waals surface area contributed by atoms with E-state index in [0.29, 0.717) is 18.9 Å². The predicted molar refractivity (Wildman–Crippen MR) is 64.3 cm³/mol. The topological polar surface area (TPSA) is 84.7 Å². The first-order chi connectivity index (χ1) is 8.75. The Hall–Kier alpha value is -2.44. The highest BCUT2D eigenvalue weighted by atomic mass is 16.2. The molecule has 0 bridgehead atoms. The zero-order valence-corrected chi connectivity index (χ0v) is 10.00. The van der Waals surface area contributed by atoms with Gasteiger partial charge in [-0.25, -0.2) is 9.48 Å². The Morgan fingerprint density at radius 3 is 2.61 bits per heavy atom. The van der Waals surface area contributed by atoms with Crippen LogP contribution in [0.4, 0.5) is 4.79 Å². The molecule has 2 rings (SSSR count). The van der Waals surface area contributed by atoms with Gasteiger partial charge in [-0.3, -0.25) is 0 Å². The lowest BCUT2D eigenvalue weighted by Gasteiger charge is -2.06. The summed E-state index contributed by atoms with van der Waals surface area (Å²) in [5.41, 5.74) is 1.05. The Morgan fingerprint density at radius 1 is 1.22 bits per heavy atom. The Kier molecular flexibility index (Phi) is 3.85. The molecule has 0 aliphatic heterocycles. The van der Waals surface area contributed by atoms with Crippen molar-refractivity contribution in [3.8, 4) is 0 Å². The van der Waals surface area contributed by atoms with E-state index >= 15 is 0 Å². The van der Waals surface area contributed by atoms with Crippen LogP contribution < -0.4 is 10.6 Å². The van der Waals surface area contributed by atoms with Gasteiger partial charge in [-0.05, 0) is 16.0 Å². The monoisotopic (exact) mass is 246 g/mol. The Labute approximate surface area is 104 Å². The summed E-state index contributed by atoms with van der Waals surface area (Å²) < 4.78 is 1.51. The SMILES string of the molecule is Cn1nnnc1CNC(=O)NCc1ccccc1. The highest BCUT2D eigenvalue weighted by Gasteiger charge is 2.04. The third kappa shape index (κ3) is 3.27. The van der Waals surface area contributed by atoms with E-state index in [9.17, 15) is 4.79 Å². The van der Waals surface area contributed by atoms with E-state index in [0.717, 1.165) is 5.56 Å². The maximum atomic E-state index is 11.5. The standard InChI is InChI=1S/C11H14N6O/c1-17-10(14-15-16-17)8-13-11(18)12-7-9-5-3-2-4-6-9/h2-6H,7-8H2,1H3,(H2,12,13,18). The van der Waals surface area contributed by atoms with Crippen molar-refractivity contribution in [2.24, 2.45) is 7.05 Å². The second kappa shape index (κ2) is 5.76. The Balaban J connectivity index is 1.75. The fourth-order valence-corrected chi connectivity index (χ4v) is 1.40. The number of nitrogens with zero attached hydrogens (tertiary/aromatic N) is 4. The van der Waals surface area contributed by atoms with Crippen molar-refractivity contribution in [1.82, 2.24) is 30.8 Å². The number of nitrogens with one attached hydrogen (secondary N) is 2. The third-order valence-electron chi connectivity index (χ3n) is 2.41. The van der Waals surface area contributed by atoms with Gasteiger partial charge in [0.1, 0.15) is 0 Å². The number of benzene rings is 1. The van der Waals surface area contributed by atoms with Crippen molar-refractivity contribution in [3.63, 3.8) is 0 Å². The van der Waals surface area contributed by atoms with Gasteiger partial charge in [0, 0.05) is 13.6 Å². The summed E-state index contributed by atoms with van der Waals surface area (Å²) in [6, 6.07) is 9.45. The van der Waals surface area contributed by atoms with Crippen LogP contribution in [0.5, 0.6) is 0 Å². The van der Waals surface area contributed by atoms with E-state index in [1.165, 1.54) is 4.68 Å². The molecule has 0 radical (unpaired) electrons. The lowest BCUT2D eigenvalue weighted by molar-refractivity contribution is 0.239. The molecule has 0 aliphatic rings. The van der Waals surface area contributed by atoms with Crippen molar-refractivity contribution in [3.05, 3.63) is 41.7 Å². The molecule has 7 nitrogen and oxygen atoms in total. The van der Waals surface area contributed by atoms with Gasteiger partial charge in [-0.15, -0.1) is 5.10 Å². The fourth-order valence-electron chi connectivity index (χ4n) is 1.40. The third-order valence-corrected chi connectivity index (χ3v) is 2.41. The lowest BCUT2D eigenvalue weighted by Crippen LogP contribution is -2.35. The molecule has 2 aromatic rings. The Morgan fingerprint density at radius 2 is 1.94 bits per heavy atom. The number of amides is 2. The average molecular weight is 246 g/mol. The van der Waals surface area contributed by atoms with Crippen LogP contribution in [0.25, 0.3) is 0 Å². The van der Waals surface area contributed by atoms with Crippen LogP contribution in [0.15, 0.2) is 30.3 Å². The van der Waals surface area contributed by atoms with Crippen LogP contribution >= 0.6 is 0 Å². The van der Waals surface area contributed by atoms with E-state index in [-0.39, 0.29) is 6.03 Å². The van der Waals surface area contributed by atoms with Crippen LogP contribution in [0.2, 0.25) is 0 Å². The number of urea groups is 1. The molecule has 1 aromatic carbocycles. The zero-order chi connectivity index (χ0) is 12.8. The van der Waals surface area contributed by atoms with Gasteiger partial charge in [0.25, 0.3) is 0 Å². The second-order valence-corrected chi connectivity index (χ2v) is 3.74. The van der Waals surface area contributed by atoms with E-state index in [2.05, 4.69) is 26.2 Å². The number of hydrogen-bond acceptors (Lipinski definition) is 4. The first-order valence-corrected chi connectivity index (χ1v) is 5.52. The molecule has 0 aliphatic carbocycles. The molecule has 94 valence electrons. The summed E-state index contributed by atoms with van der Waals surface area (Å²) in [5, 5.41) is 16.4. The minimum Gasteiger partial charge on any atom is -0.334 e. The molecule has 2 amide bonds. The van der Waals surface area contributed by atoms with Crippen LogP contribution in [0, 0.1) is 0 Å². The number of hydrogen-bond donors (Lipinski definition) is 2. The minimum absolute atomic E-state index is 0.248. The molecular weight excluding hydrogens is 232 g/mol. The van der Waals surface area contributed by atoms with Crippen molar-refractivity contribution in [2.45, 2.75) is 13.1 Å². The van der Waals surface area contributed by atoms with Gasteiger partial charge in [0.2, 0.25) is 0 Å². The van der Waals surface area contributed by atoms with Gasteiger partial charge in [0.05, 0.1) is 6.54 Å². The van der Waals surface area contributed by atoms with Crippen LogP contribution in [0.1, 0.15) is 11.4 Å². The summed E-state index contributed by atoms with van der Waals surface area (Å²) >= 11 is 0. The largest absolute Gasteiger partial charge is 0.334 e. The molecule has 0 atom stereocenters. The molecule has 2 N–H and O–H groups in total. The van der Waals surface area contributed by atoms with E-state index in [1.807, 2.05) is 30.3 Å². The van der Waals surface area contributed by atoms with Gasteiger partial charge in [0.15, 0.2) is 5.82 Å². The summed E-state index contributed by atoms with van der Waals surface area (Å²) in [6.45, 7) is 0.786. The quantitative estimate of drug-likeness (QED) is 0.807. The smallest absolute Gasteiger partial charge is 0.315 e. The molecule has 18 heavy (non-hydrogen) atoms. The molecule has 1 heterocycles. The maximum absolute atomic E-state index is 11.5. The molecule has 7 heteroatoms. The van der Waals surface area contributed by atoms with Gasteiger partial charge in [-0.1, -0.05) is 30.3 Å². The zero-order valence-electron chi connectivity index (χ0n) is 10.00. The van der Waals surface area contributed by atoms with Crippen LogP contribution in [-0.2, 0) is 20.1 Å². The highest BCUT2D eigenvalue weighted by molar-refractivity contribution is 5.73. The number of aryl methyl sites for hydroxylation is 1. The molecule has 0 saturated carbocycles. The van der Waals surface area contributed by atoms with Crippen LogP contribution in [0.3, 0.4) is 0 Å². The first-order valence-electron chi connectivity index (χ1n) is 5.52. The fraction of sp³-hybridized carbons (Fsp3) is 0.273. The summed E-state index contributed by atoms with van der Waals surface area (Å²) in [4.78, 5) is 11.5. The normalized spacial score (nSPS) is 10.1. The number of carbonyl (C=O) groups is 1. The summed E-state index contributed by atoms with van der Waals surface area (Å²) in [5.74, 6) is 0.602. The molecule has 0 spiro atoms. The predicted octanol–water partition coefficient (Wildman–Crippen LogP) is 0.209. The maximum Gasteiger partial charge on any atom is 0.315 e. The van der Waals surface area contributed by atoms with Crippen molar-refractivity contribution in [1.29, 1.82) is 0 Å². The minimum atomic E-state index is -0.248. The van der Waals surface area contributed by atoms with E-state index < -0.39 is 0 Å². The van der Waals surface area contributed by atoms with Gasteiger partial charge < -0.3 is 10.6 Å². The molecule has 1 aromatic heterocycles. The van der Waals surface area contributed by atoms with Crippen molar-refractivity contribution < 1.29 is 4.79 Å². The highest BCUT2D eigenvalue weighted by Crippen LogP contribution is 1.96. The molecular formula is C11H14N6O.